The number of halogens is 5. The predicted octanol–water partition coefficient (Wildman–Crippen LogP) is 6.51. The lowest BCUT2D eigenvalue weighted by Gasteiger charge is -2.29. The van der Waals surface area contributed by atoms with E-state index in [9.17, 15) is 31.9 Å². The minimum absolute atomic E-state index is 0.0250. The van der Waals surface area contributed by atoms with Gasteiger partial charge in [0.2, 0.25) is 6.41 Å². The maximum Gasteiger partial charge on any atom is 0.416 e. The zero-order valence-corrected chi connectivity index (χ0v) is 27.1. The van der Waals surface area contributed by atoms with Gasteiger partial charge in [-0.25, -0.2) is 8.78 Å². The normalized spacial score (nSPS) is 12.5. The number of allylic oxidation sites excluding steroid dienone is 1. The van der Waals surface area contributed by atoms with Gasteiger partial charge < -0.3 is 24.6 Å². The summed E-state index contributed by atoms with van der Waals surface area (Å²) in [7, 11) is 2.67. The summed E-state index contributed by atoms with van der Waals surface area (Å²) in [6.07, 6.45) is -4.15. The highest BCUT2D eigenvalue weighted by Gasteiger charge is 2.35. The van der Waals surface area contributed by atoms with E-state index in [0.29, 0.717) is 19.0 Å². The van der Waals surface area contributed by atoms with Gasteiger partial charge in [0.1, 0.15) is 5.82 Å². The molecular formula is C35H38F5N3O5. The number of nitrogens with one attached hydrogen (secondary N) is 1. The summed E-state index contributed by atoms with van der Waals surface area (Å²) < 4.78 is 82.0. The Morgan fingerprint density at radius 1 is 1.00 bits per heavy atom. The fourth-order valence-corrected chi connectivity index (χ4v) is 5.12. The molecule has 8 nitrogen and oxygen atoms in total. The molecule has 0 aliphatic rings. The third-order valence-corrected chi connectivity index (χ3v) is 7.60. The highest BCUT2D eigenvalue weighted by molar-refractivity contribution is 6.20. The summed E-state index contributed by atoms with van der Waals surface area (Å²) in [5, 5.41) is 3.32. The third kappa shape index (κ3) is 9.63. The first-order valence-corrected chi connectivity index (χ1v) is 15.1. The second-order valence-corrected chi connectivity index (χ2v) is 10.8. The molecule has 3 rings (SSSR count). The second-order valence-electron chi connectivity index (χ2n) is 10.8. The number of nitrogens with zero attached hydrogens (tertiary/aromatic N) is 2. The Kier molecular flexibility index (Phi) is 13.7. The number of carbonyl (C=O) groups excluding carboxylic acids is 3. The van der Waals surface area contributed by atoms with Crippen molar-refractivity contribution in [3.63, 3.8) is 0 Å². The average molecular weight is 676 g/mol. The van der Waals surface area contributed by atoms with Crippen molar-refractivity contribution in [1.82, 2.24) is 15.1 Å². The molecule has 1 N–H and O–H groups in total. The topological polar surface area (TPSA) is 88.2 Å². The van der Waals surface area contributed by atoms with Crippen molar-refractivity contribution in [2.75, 3.05) is 33.9 Å². The van der Waals surface area contributed by atoms with E-state index >= 15 is 4.39 Å². The highest BCUT2D eigenvalue weighted by atomic mass is 19.4. The quantitative estimate of drug-likeness (QED) is 0.0613. The average Bonchev–Trinajstić information content (AvgIpc) is 3.06. The number of alkyl halides is 3. The van der Waals surface area contributed by atoms with Gasteiger partial charge in [0, 0.05) is 42.9 Å². The molecule has 13 heteroatoms. The Labute approximate surface area is 276 Å². The van der Waals surface area contributed by atoms with Gasteiger partial charge in [-0.05, 0) is 50.6 Å². The van der Waals surface area contributed by atoms with Crippen molar-refractivity contribution in [2.24, 2.45) is 0 Å². The minimum Gasteiger partial charge on any atom is -0.494 e. The van der Waals surface area contributed by atoms with Gasteiger partial charge in [0.15, 0.2) is 11.6 Å². The first-order valence-electron chi connectivity index (χ1n) is 15.1. The fourth-order valence-electron chi connectivity index (χ4n) is 5.12. The molecule has 2 amide bonds. The van der Waals surface area contributed by atoms with E-state index < -0.39 is 47.4 Å². The standard InChI is InChI=1S/C35H38F5N3O5/c1-5-48-31(45)18-11-19-41-29(24-12-7-6-8-13-24)21-42(3)34(46)32(25-14-9-17-30(47-4)33(25)37)23(2)43(22-44)20-26-27(35(38,39)40)15-10-16-28(26)36/h6-10,12-17,22,29,41H,5,11,18-21H2,1-4H3/b32-23-/t29-/m0/s1. The number of benzene rings is 3. The van der Waals surface area contributed by atoms with Crippen molar-refractivity contribution in [1.29, 1.82) is 0 Å². The van der Waals surface area contributed by atoms with Gasteiger partial charge in [-0.1, -0.05) is 48.5 Å². The van der Waals surface area contributed by atoms with Crippen LogP contribution in [-0.2, 0) is 31.8 Å². The molecule has 48 heavy (non-hydrogen) atoms. The smallest absolute Gasteiger partial charge is 0.416 e. The lowest BCUT2D eigenvalue weighted by molar-refractivity contribution is -0.143. The summed E-state index contributed by atoms with van der Waals surface area (Å²) in [5.74, 6) is -3.48. The zero-order valence-electron chi connectivity index (χ0n) is 27.1. The number of amides is 2. The first-order chi connectivity index (χ1) is 22.8. The number of ether oxygens (including phenoxy) is 2. The third-order valence-electron chi connectivity index (χ3n) is 7.60. The van der Waals surface area contributed by atoms with E-state index in [1.54, 1.807) is 6.92 Å². The van der Waals surface area contributed by atoms with Crippen molar-refractivity contribution >= 4 is 23.9 Å². The van der Waals surface area contributed by atoms with Gasteiger partial charge >= 0.3 is 12.1 Å². The van der Waals surface area contributed by atoms with E-state index in [0.717, 1.165) is 22.6 Å². The van der Waals surface area contributed by atoms with E-state index in [2.05, 4.69) is 5.32 Å². The number of esters is 1. The van der Waals surface area contributed by atoms with Crippen molar-refractivity contribution < 1.29 is 45.8 Å². The molecule has 3 aromatic carbocycles. The molecule has 0 aliphatic carbocycles. The zero-order chi connectivity index (χ0) is 35.4. The first kappa shape index (κ1) is 37.7. The number of hydrogen-bond donors (Lipinski definition) is 1. The van der Waals surface area contributed by atoms with Crippen LogP contribution in [0.1, 0.15) is 55.0 Å². The lowest BCUT2D eigenvalue weighted by Crippen LogP contribution is -2.38. The molecule has 0 unspecified atom stereocenters. The lowest BCUT2D eigenvalue weighted by atomic mass is 9.99. The Morgan fingerprint density at radius 3 is 2.31 bits per heavy atom. The largest absolute Gasteiger partial charge is 0.494 e. The van der Waals surface area contributed by atoms with Crippen LogP contribution in [0.15, 0.2) is 72.4 Å². The number of rotatable bonds is 16. The highest BCUT2D eigenvalue weighted by Crippen LogP contribution is 2.35. The van der Waals surface area contributed by atoms with Gasteiger partial charge in [0.05, 0.1) is 31.4 Å². The molecule has 0 saturated heterocycles. The van der Waals surface area contributed by atoms with Crippen LogP contribution < -0.4 is 10.1 Å². The van der Waals surface area contributed by atoms with Gasteiger partial charge in [0.25, 0.3) is 5.91 Å². The molecule has 0 bridgehead atoms. The molecule has 0 spiro atoms. The van der Waals surface area contributed by atoms with Crippen LogP contribution in [0.3, 0.4) is 0 Å². The maximum atomic E-state index is 15.7. The van der Waals surface area contributed by atoms with Crippen LogP contribution in [-0.4, -0.2) is 61.9 Å². The minimum atomic E-state index is -4.93. The maximum absolute atomic E-state index is 15.7. The molecule has 258 valence electrons. The van der Waals surface area contributed by atoms with Crippen molar-refractivity contribution in [3.8, 4) is 5.75 Å². The number of likely N-dealkylation sites (N-methyl/N-ethyl adjacent to an activating group) is 1. The van der Waals surface area contributed by atoms with E-state index in [1.165, 1.54) is 44.2 Å². The van der Waals surface area contributed by atoms with Crippen LogP contribution in [0.25, 0.3) is 5.57 Å². The monoisotopic (exact) mass is 675 g/mol. The van der Waals surface area contributed by atoms with Crippen LogP contribution in [0.4, 0.5) is 22.0 Å². The molecule has 0 aromatic heterocycles. The molecule has 0 saturated carbocycles. The van der Waals surface area contributed by atoms with Crippen LogP contribution in [0.5, 0.6) is 5.75 Å². The summed E-state index contributed by atoms with van der Waals surface area (Å²) in [4.78, 5) is 40.4. The molecule has 1 atom stereocenters. The second kappa shape index (κ2) is 17.4. The Balaban J connectivity index is 2.05. The van der Waals surface area contributed by atoms with Crippen LogP contribution >= 0.6 is 0 Å². The van der Waals surface area contributed by atoms with E-state index in [1.807, 2.05) is 30.3 Å². The molecule has 0 fully saturated rings. The molecule has 3 aromatic rings. The summed E-state index contributed by atoms with van der Waals surface area (Å²) in [6, 6.07) is 15.1. The molecule has 0 aliphatic heterocycles. The number of carbonyl (C=O) groups is 3. The summed E-state index contributed by atoms with van der Waals surface area (Å²) in [5.41, 5.74) is -2.15. The van der Waals surface area contributed by atoms with E-state index in [-0.39, 0.29) is 54.5 Å². The van der Waals surface area contributed by atoms with Gasteiger partial charge in [-0.3, -0.25) is 14.4 Å². The molecular weight excluding hydrogens is 637 g/mol. The Hall–Kier alpha value is -4.78. The van der Waals surface area contributed by atoms with Crippen molar-refractivity contribution in [2.45, 2.75) is 45.5 Å². The van der Waals surface area contributed by atoms with Crippen molar-refractivity contribution in [3.05, 3.63) is 106 Å². The Morgan fingerprint density at radius 2 is 1.69 bits per heavy atom. The SMILES string of the molecule is CCOC(=O)CCCN[C@@H](CN(C)C(=O)/C(=C(/C)N(C=O)Cc1c(F)cccc1C(F)(F)F)c1cccc(OC)c1F)c1ccccc1. The predicted molar refractivity (Wildman–Crippen MR) is 169 cm³/mol. The number of methoxy groups -OCH3 is 1. The number of hydrogen-bond acceptors (Lipinski definition) is 6. The summed E-state index contributed by atoms with van der Waals surface area (Å²) >= 11 is 0. The van der Waals surface area contributed by atoms with Crippen LogP contribution in [0.2, 0.25) is 0 Å². The molecule has 0 heterocycles. The van der Waals surface area contributed by atoms with E-state index in [4.69, 9.17) is 9.47 Å². The van der Waals surface area contributed by atoms with Gasteiger partial charge in [-0.15, -0.1) is 0 Å². The summed E-state index contributed by atoms with van der Waals surface area (Å²) in [6.45, 7) is 2.76. The molecule has 0 radical (unpaired) electrons. The van der Waals surface area contributed by atoms with Gasteiger partial charge in [-0.2, -0.15) is 13.2 Å². The fraction of sp³-hybridized carbons (Fsp3) is 0.343. The Bertz CT molecular complexity index is 1600. The van der Waals surface area contributed by atoms with Crippen LogP contribution in [0, 0.1) is 11.6 Å².